The van der Waals surface area contributed by atoms with Gasteiger partial charge in [-0.1, -0.05) is 42.5 Å². The van der Waals surface area contributed by atoms with Gasteiger partial charge in [-0.3, -0.25) is 24.2 Å². The van der Waals surface area contributed by atoms with Crippen LogP contribution in [0, 0.1) is 0 Å². The van der Waals surface area contributed by atoms with Gasteiger partial charge in [-0.15, -0.1) is 0 Å². The number of likely N-dealkylation sites (N-methyl/N-ethyl adjacent to an activating group) is 1. The van der Waals surface area contributed by atoms with Crippen molar-refractivity contribution in [1.29, 1.82) is 0 Å². The Morgan fingerprint density at radius 1 is 0.933 bits per heavy atom. The number of benzene rings is 2. The molecule has 4 rings (SSSR count). The largest absolute Gasteiger partial charge is 0.327 e. The zero-order chi connectivity index (χ0) is 21.6. The molecule has 2 aliphatic heterocycles. The summed E-state index contributed by atoms with van der Waals surface area (Å²) >= 11 is 0. The lowest BCUT2D eigenvalue weighted by Crippen LogP contribution is -2.43. The fourth-order valence-electron chi connectivity index (χ4n) is 4.28. The Balaban J connectivity index is 1.58. The molecule has 0 radical (unpaired) electrons. The molecule has 2 heterocycles. The van der Waals surface area contributed by atoms with Crippen LogP contribution in [0.3, 0.4) is 0 Å². The van der Waals surface area contributed by atoms with Crippen LogP contribution in [0.15, 0.2) is 54.6 Å². The van der Waals surface area contributed by atoms with Crippen molar-refractivity contribution < 1.29 is 19.2 Å². The standard InChI is InChI=1S/C23H23N3O4/c1-14(25-21(28)17-11-7-8-12-18(17)22(25)29)13-19(27)26-20(15(2)24(3)23(26)30)16-9-5-4-6-10-16/h4-12,14-15,20H,13H2,1-3H3/t14-,15+,20+/m0/s1. The predicted molar refractivity (Wildman–Crippen MR) is 110 cm³/mol. The van der Waals surface area contributed by atoms with Gasteiger partial charge in [0.05, 0.1) is 23.2 Å². The summed E-state index contributed by atoms with van der Waals surface area (Å²) in [5.41, 5.74) is 1.55. The smallest absolute Gasteiger partial charge is 0.322 e. The first-order valence-corrected chi connectivity index (χ1v) is 9.93. The zero-order valence-electron chi connectivity index (χ0n) is 17.1. The minimum absolute atomic E-state index is 0.124. The number of hydrogen-bond acceptors (Lipinski definition) is 4. The second kappa shape index (κ2) is 7.40. The number of rotatable bonds is 4. The molecule has 0 aliphatic carbocycles. The van der Waals surface area contributed by atoms with Gasteiger partial charge in [0.1, 0.15) is 0 Å². The Morgan fingerprint density at radius 3 is 2.03 bits per heavy atom. The van der Waals surface area contributed by atoms with E-state index in [0.717, 1.165) is 10.5 Å². The Bertz CT molecular complexity index is 1000. The molecule has 1 saturated heterocycles. The van der Waals surface area contributed by atoms with Crippen LogP contribution in [0.5, 0.6) is 0 Å². The van der Waals surface area contributed by atoms with Crippen LogP contribution in [0.4, 0.5) is 4.79 Å². The molecule has 30 heavy (non-hydrogen) atoms. The molecule has 0 N–H and O–H groups in total. The van der Waals surface area contributed by atoms with Gasteiger partial charge >= 0.3 is 6.03 Å². The van der Waals surface area contributed by atoms with Crippen molar-refractivity contribution in [1.82, 2.24) is 14.7 Å². The quantitative estimate of drug-likeness (QED) is 0.733. The first-order chi connectivity index (χ1) is 14.3. The Hall–Kier alpha value is -3.48. The highest BCUT2D eigenvalue weighted by Crippen LogP contribution is 2.35. The van der Waals surface area contributed by atoms with Crippen LogP contribution in [0.2, 0.25) is 0 Å². The van der Waals surface area contributed by atoms with E-state index < -0.39 is 29.8 Å². The molecule has 2 aliphatic rings. The van der Waals surface area contributed by atoms with Gasteiger partial charge in [0.25, 0.3) is 11.8 Å². The number of hydrogen-bond donors (Lipinski definition) is 0. The summed E-state index contributed by atoms with van der Waals surface area (Å²) in [5, 5.41) is 0. The van der Waals surface area contributed by atoms with Gasteiger partial charge < -0.3 is 4.90 Å². The first kappa shape index (κ1) is 19.8. The summed E-state index contributed by atoms with van der Waals surface area (Å²) in [6.07, 6.45) is -0.124. The van der Waals surface area contributed by atoms with Crippen molar-refractivity contribution in [2.75, 3.05) is 7.05 Å². The highest BCUT2D eigenvalue weighted by atomic mass is 16.2. The van der Waals surface area contributed by atoms with E-state index in [2.05, 4.69) is 0 Å². The molecule has 0 spiro atoms. The van der Waals surface area contributed by atoms with E-state index in [1.165, 1.54) is 4.90 Å². The van der Waals surface area contributed by atoms with Crippen LogP contribution in [0.1, 0.15) is 52.6 Å². The second-order valence-electron chi connectivity index (χ2n) is 7.83. The van der Waals surface area contributed by atoms with Gasteiger partial charge in [-0.25, -0.2) is 4.79 Å². The molecule has 7 nitrogen and oxygen atoms in total. The molecular formula is C23H23N3O4. The number of imide groups is 2. The number of nitrogens with zero attached hydrogens (tertiary/aromatic N) is 3. The third kappa shape index (κ3) is 2.98. The predicted octanol–water partition coefficient (Wildman–Crippen LogP) is 3.09. The molecule has 0 saturated carbocycles. The molecule has 0 unspecified atom stereocenters. The van der Waals surface area contributed by atoms with Crippen molar-refractivity contribution in [2.24, 2.45) is 0 Å². The molecule has 1 fully saturated rings. The monoisotopic (exact) mass is 405 g/mol. The summed E-state index contributed by atoms with van der Waals surface area (Å²) in [6, 6.07) is 14.3. The maximum atomic E-state index is 13.2. The summed E-state index contributed by atoms with van der Waals surface area (Å²) < 4.78 is 0. The molecule has 154 valence electrons. The molecular weight excluding hydrogens is 382 g/mol. The molecule has 7 heteroatoms. The fraction of sp³-hybridized carbons (Fsp3) is 0.304. The van der Waals surface area contributed by atoms with Gasteiger partial charge in [-0.05, 0) is 31.5 Å². The molecule has 5 amide bonds. The SMILES string of the molecule is C[C@@H]1[C@H](c2ccccc2)N(C(=O)C[C@H](C)N2C(=O)c3ccccc3C2=O)C(=O)N1C. The van der Waals surface area contributed by atoms with Gasteiger partial charge in [0.15, 0.2) is 0 Å². The van der Waals surface area contributed by atoms with E-state index in [1.54, 1.807) is 43.1 Å². The lowest BCUT2D eigenvalue weighted by Gasteiger charge is -2.27. The van der Waals surface area contributed by atoms with Gasteiger partial charge in [0, 0.05) is 19.5 Å². The highest BCUT2D eigenvalue weighted by molar-refractivity contribution is 6.21. The average Bonchev–Trinajstić information content (AvgIpc) is 3.14. The van der Waals surface area contributed by atoms with Crippen LogP contribution < -0.4 is 0 Å². The number of carbonyl (C=O) groups excluding carboxylic acids is 4. The van der Waals surface area contributed by atoms with E-state index >= 15 is 0 Å². The maximum absolute atomic E-state index is 13.2. The highest BCUT2D eigenvalue weighted by Gasteiger charge is 2.47. The third-order valence-electron chi connectivity index (χ3n) is 6.00. The second-order valence-corrected chi connectivity index (χ2v) is 7.83. The molecule has 3 atom stereocenters. The van der Waals surface area contributed by atoms with E-state index in [1.807, 2.05) is 37.3 Å². The number of fused-ring (bicyclic) bond motifs is 1. The minimum Gasteiger partial charge on any atom is -0.322 e. The van der Waals surface area contributed by atoms with Gasteiger partial charge in [-0.2, -0.15) is 0 Å². The van der Waals surface area contributed by atoms with Crippen molar-refractivity contribution in [3.8, 4) is 0 Å². The average molecular weight is 405 g/mol. The lowest BCUT2D eigenvalue weighted by atomic mass is 10.00. The molecule has 2 aromatic carbocycles. The number of carbonyl (C=O) groups is 4. The Labute approximate surface area is 174 Å². The summed E-state index contributed by atoms with van der Waals surface area (Å²) in [7, 11) is 1.67. The summed E-state index contributed by atoms with van der Waals surface area (Å²) in [5.74, 6) is -1.23. The van der Waals surface area contributed by atoms with E-state index in [4.69, 9.17) is 0 Å². The zero-order valence-corrected chi connectivity index (χ0v) is 17.1. The van der Waals surface area contributed by atoms with Crippen molar-refractivity contribution >= 4 is 23.8 Å². The number of amides is 5. The fourth-order valence-corrected chi connectivity index (χ4v) is 4.28. The summed E-state index contributed by atoms with van der Waals surface area (Å²) in [6.45, 7) is 3.56. The first-order valence-electron chi connectivity index (χ1n) is 9.93. The van der Waals surface area contributed by atoms with E-state index in [0.29, 0.717) is 11.1 Å². The molecule has 2 aromatic rings. The van der Waals surface area contributed by atoms with E-state index in [9.17, 15) is 19.2 Å². The van der Waals surface area contributed by atoms with Crippen molar-refractivity contribution in [3.63, 3.8) is 0 Å². The molecule has 0 aromatic heterocycles. The maximum Gasteiger partial charge on any atom is 0.327 e. The minimum atomic E-state index is -0.671. The van der Waals surface area contributed by atoms with Gasteiger partial charge in [0.2, 0.25) is 5.91 Å². The van der Waals surface area contributed by atoms with Crippen LogP contribution in [0.25, 0.3) is 0 Å². The van der Waals surface area contributed by atoms with E-state index in [-0.39, 0.29) is 18.5 Å². The summed E-state index contributed by atoms with van der Waals surface area (Å²) in [4.78, 5) is 55.4. The third-order valence-corrected chi connectivity index (χ3v) is 6.00. The van der Waals surface area contributed by atoms with Crippen molar-refractivity contribution in [3.05, 3.63) is 71.3 Å². The lowest BCUT2D eigenvalue weighted by molar-refractivity contribution is -0.130. The Morgan fingerprint density at radius 2 is 1.47 bits per heavy atom. The van der Waals surface area contributed by atoms with Crippen LogP contribution in [-0.4, -0.2) is 57.6 Å². The van der Waals surface area contributed by atoms with Crippen LogP contribution >= 0.6 is 0 Å². The van der Waals surface area contributed by atoms with Crippen molar-refractivity contribution in [2.45, 2.75) is 38.4 Å². The Kier molecular flexibility index (Phi) is 4.89. The van der Waals surface area contributed by atoms with Crippen LogP contribution in [-0.2, 0) is 4.79 Å². The normalized spacial score (nSPS) is 22.0. The topological polar surface area (TPSA) is 78.0 Å². The number of urea groups is 1. The molecule has 0 bridgehead atoms.